The maximum absolute atomic E-state index is 14.0. The Morgan fingerprint density at radius 2 is 1.13 bits per heavy atom. The molecule has 0 saturated heterocycles. The number of hydrogen-bond donors (Lipinski definition) is 0. The lowest BCUT2D eigenvalue weighted by molar-refractivity contribution is 0.0978. The van der Waals surface area contributed by atoms with Gasteiger partial charge in [0.15, 0.2) is 11.6 Å². The van der Waals surface area contributed by atoms with E-state index in [1.54, 1.807) is 0 Å². The van der Waals surface area contributed by atoms with E-state index >= 15 is 0 Å². The molecule has 0 bridgehead atoms. The van der Waals surface area contributed by atoms with Gasteiger partial charge in [0.1, 0.15) is 0 Å². The quantitative estimate of drug-likeness (QED) is 0.149. The minimum absolute atomic E-state index is 0.00914. The van der Waals surface area contributed by atoms with E-state index in [2.05, 4.69) is 100 Å². The number of benzene rings is 2. The zero-order valence-electron chi connectivity index (χ0n) is 31.5. The van der Waals surface area contributed by atoms with E-state index in [0.29, 0.717) is 50.8 Å². The molecule has 0 spiro atoms. The van der Waals surface area contributed by atoms with Gasteiger partial charge in [-0.1, -0.05) is 127 Å². The first-order chi connectivity index (χ1) is 21.5. The molecule has 0 N–H and O–H groups in total. The SMILES string of the molecule is CCCC(C)(C)C(C)CCCC(C)(c1ccc2c(c1)C(=O)c1ccc(C(C)(CC)CCCC(C)C(C)(C)CC)cc1C2=O)C1CC1. The Morgan fingerprint density at radius 1 is 0.630 bits per heavy atom. The zero-order chi connectivity index (χ0) is 34.1. The summed E-state index contributed by atoms with van der Waals surface area (Å²) in [6.07, 6.45) is 14.3. The fraction of sp³-hybridized carbons (Fsp3) is 0.682. The lowest BCUT2D eigenvalue weighted by Crippen LogP contribution is -2.29. The molecule has 0 amide bonds. The molecule has 254 valence electrons. The molecule has 2 aliphatic carbocycles. The van der Waals surface area contributed by atoms with Crippen molar-refractivity contribution in [1.29, 1.82) is 0 Å². The van der Waals surface area contributed by atoms with E-state index in [9.17, 15) is 9.59 Å². The first-order valence-corrected chi connectivity index (χ1v) is 18.9. The van der Waals surface area contributed by atoms with Crippen molar-refractivity contribution < 1.29 is 9.59 Å². The largest absolute Gasteiger partial charge is 0.289 e. The lowest BCUT2D eigenvalue weighted by atomic mass is 9.69. The minimum Gasteiger partial charge on any atom is -0.289 e. The van der Waals surface area contributed by atoms with Crippen molar-refractivity contribution in [1.82, 2.24) is 0 Å². The normalized spacial score (nSPS) is 19.2. The number of carbonyl (C=O) groups excluding carboxylic acids is 2. The Labute approximate surface area is 282 Å². The minimum atomic E-state index is -0.0199. The topological polar surface area (TPSA) is 34.1 Å². The van der Waals surface area contributed by atoms with Gasteiger partial charge < -0.3 is 0 Å². The molecule has 0 aliphatic heterocycles. The van der Waals surface area contributed by atoms with Gasteiger partial charge in [-0.3, -0.25) is 9.59 Å². The van der Waals surface area contributed by atoms with Crippen LogP contribution in [0.25, 0.3) is 0 Å². The molecule has 2 nitrogen and oxygen atoms in total. The molecule has 2 aromatic carbocycles. The summed E-state index contributed by atoms with van der Waals surface area (Å²) in [5, 5.41) is 0. The third-order valence-electron chi connectivity index (χ3n) is 13.8. The van der Waals surface area contributed by atoms with E-state index in [-0.39, 0.29) is 22.4 Å². The van der Waals surface area contributed by atoms with Crippen LogP contribution in [0.4, 0.5) is 0 Å². The highest BCUT2D eigenvalue weighted by Gasteiger charge is 2.43. The van der Waals surface area contributed by atoms with Crippen LogP contribution in [0.15, 0.2) is 36.4 Å². The summed E-state index contributed by atoms with van der Waals surface area (Å²) in [7, 11) is 0. The Morgan fingerprint density at radius 3 is 1.63 bits per heavy atom. The Balaban J connectivity index is 1.54. The second-order valence-electron chi connectivity index (χ2n) is 17.5. The summed E-state index contributed by atoms with van der Waals surface area (Å²) in [6.45, 7) is 26.0. The number of rotatable bonds is 17. The molecule has 1 fully saturated rings. The van der Waals surface area contributed by atoms with E-state index < -0.39 is 0 Å². The molecular formula is C44H66O2. The Hall–Kier alpha value is -2.22. The maximum Gasteiger partial charge on any atom is 0.194 e. The van der Waals surface area contributed by atoms with Gasteiger partial charge in [0, 0.05) is 22.3 Å². The summed E-state index contributed by atoms with van der Waals surface area (Å²) >= 11 is 0. The number of carbonyl (C=O) groups is 2. The van der Waals surface area contributed by atoms with Crippen LogP contribution in [-0.4, -0.2) is 11.6 Å². The zero-order valence-corrected chi connectivity index (χ0v) is 31.5. The standard InChI is InChI=1S/C44H66O2/c1-12-25-42(8,9)31(5)18-16-27-44(11,32-19-20-32)34-22-24-36-38(29-34)40(46)35-23-21-33(28-37(35)39(36)45)43(10,14-3)26-15-17-30(4)41(6,7)13-2/h21-24,28-32H,12-20,25-27H2,1-11H3. The summed E-state index contributed by atoms with van der Waals surface area (Å²) in [6, 6.07) is 12.4. The third-order valence-corrected chi connectivity index (χ3v) is 13.8. The first-order valence-electron chi connectivity index (χ1n) is 18.9. The highest BCUT2D eigenvalue weighted by Crippen LogP contribution is 2.51. The Kier molecular flexibility index (Phi) is 11.2. The van der Waals surface area contributed by atoms with Gasteiger partial charge in [-0.2, -0.15) is 0 Å². The van der Waals surface area contributed by atoms with Crippen LogP contribution in [0.3, 0.4) is 0 Å². The van der Waals surface area contributed by atoms with Crippen LogP contribution in [-0.2, 0) is 10.8 Å². The van der Waals surface area contributed by atoms with Crippen molar-refractivity contribution in [3.05, 3.63) is 69.8 Å². The average molecular weight is 627 g/mol. The smallest absolute Gasteiger partial charge is 0.194 e. The van der Waals surface area contributed by atoms with Crippen LogP contribution in [0, 0.1) is 28.6 Å². The van der Waals surface area contributed by atoms with E-state index in [1.807, 2.05) is 12.1 Å². The molecule has 4 atom stereocenters. The van der Waals surface area contributed by atoms with E-state index in [0.717, 1.165) is 19.3 Å². The van der Waals surface area contributed by atoms with Crippen molar-refractivity contribution in [3.8, 4) is 0 Å². The fourth-order valence-electron chi connectivity index (χ4n) is 8.31. The molecule has 2 heteroatoms. The number of hydrogen-bond acceptors (Lipinski definition) is 2. The first kappa shape index (κ1) is 36.6. The molecular weight excluding hydrogens is 560 g/mol. The van der Waals surface area contributed by atoms with Crippen molar-refractivity contribution in [2.75, 3.05) is 0 Å². The van der Waals surface area contributed by atoms with Crippen LogP contribution >= 0.6 is 0 Å². The number of ketones is 2. The summed E-state index contributed by atoms with van der Waals surface area (Å²) < 4.78 is 0. The van der Waals surface area contributed by atoms with Gasteiger partial charge in [0.05, 0.1) is 0 Å². The van der Waals surface area contributed by atoms with Crippen molar-refractivity contribution in [2.45, 2.75) is 164 Å². The van der Waals surface area contributed by atoms with E-state index in [1.165, 1.54) is 68.9 Å². The van der Waals surface area contributed by atoms with Gasteiger partial charge in [0.2, 0.25) is 0 Å². The van der Waals surface area contributed by atoms with Gasteiger partial charge in [0.25, 0.3) is 0 Å². The molecule has 0 radical (unpaired) electrons. The second kappa shape index (κ2) is 14.1. The predicted octanol–water partition coefficient (Wildman–Crippen LogP) is 12.7. The molecule has 1 saturated carbocycles. The fourth-order valence-corrected chi connectivity index (χ4v) is 8.31. The van der Waals surface area contributed by atoms with Crippen molar-refractivity contribution in [3.63, 3.8) is 0 Å². The van der Waals surface area contributed by atoms with Crippen LogP contribution < -0.4 is 0 Å². The average Bonchev–Trinajstić information content (AvgIpc) is 3.89. The monoisotopic (exact) mass is 627 g/mol. The second-order valence-corrected chi connectivity index (χ2v) is 17.5. The lowest BCUT2D eigenvalue weighted by Gasteiger charge is -2.35. The molecule has 4 rings (SSSR count). The summed E-state index contributed by atoms with van der Waals surface area (Å²) in [5.74, 6) is 2.05. The van der Waals surface area contributed by atoms with Crippen LogP contribution in [0.5, 0.6) is 0 Å². The van der Waals surface area contributed by atoms with E-state index in [4.69, 9.17) is 0 Å². The predicted molar refractivity (Wildman–Crippen MR) is 196 cm³/mol. The van der Waals surface area contributed by atoms with Gasteiger partial charge in [-0.05, 0) is 113 Å². The highest BCUT2D eigenvalue weighted by atomic mass is 16.1. The van der Waals surface area contributed by atoms with Gasteiger partial charge in [-0.15, -0.1) is 0 Å². The maximum atomic E-state index is 14.0. The van der Waals surface area contributed by atoms with Crippen molar-refractivity contribution in [2.24, 2.45) is 28.6 Å². The molecule has 46 heavy (non-hydrogen) atoms. The van der Waals surface area contributed by atoms with Gasteiger partial charge >= 0.3 is 0 Å². The van der Waals surface area contributed by atoms with Crippen molar-refractivity contribution >= 4 is 11.6 Å². The third kappa shape index (κ3) is 7.42. The molecule has 2 aromatic rings. The van der Waals surface area contributed by atoms with Crippen LogP contribution in [0.1, 0.15) is 196 Å². The molecule has 0 heterocycles. The summed E-state index contributed by atoms with van der Waals surface area (Å²) in [4.78, 5) is 28.1. The van der Waals surface area contributed by atoms with Gasteiger partial charge in [-0.25, -0.2) is 0 Å². The molecule has 0 aromatic heterocycles. The van der Waals surface area contributed by atoms with Crippen LogP contribution in [0.2, 0.25) is 0 Å². The highest BCUT2D eigenvalue weighted by molar-refractivity contribution is 6.28. The molecule has 4 unspecified atom stereocenters. The Bertz CT molecular complexity index is 1390. The number of fused-ring (bicyclic) bond motifs is 2. The molecule has 2 aliphatic rings. The summed E-state index contributed by atoms with van der Waals surface area (Å²) in [5.41, 5.74) is 5.55.